The van der Waals surface area contributed by atoms with E-state index in [2.05, 4.69) is 26.3 Å². The Hall–Kier alpha value is -4.77. The zero-order valence-corrected chi connectivity index (χ0v) is 23.3. The fourth-order valence-electron chi connectivity index (χ4n) is 6.51. The van der Waals surface area contributed by atoms with Crippen LogP contribution in [0, 0.1) is 5.82 Å². The Labute approximate surface area is 246 Å². The van der Waals surface area contributed by atoms with Gasteiger partial charge in [0.2, 0.25) is 11.8 Å². The number of likely N-dealkylation sites (tertiary alicyclic amines) is 1. The maximum atomic E-state index is 13.7. The number of nitrogens with one attached hydrogen (secondary N) is 1. The average Bonchev–Trinajstić information content (AvgIpc) is 3.33. The van der Waals surface area contributed by atoms with Gasteiger partial charge in [0.25, 0.3) is 11.5 Å². The molecule has 2 aromatic heterocycles. The van der Waals surface area contributed by atoms with E-state index in [4.69, 9.17) is 0 Å². The quantitative estimate of drug-likeness (QED) is 0.361. The van der Waals surface area contributed by atoms with Gasteiger partial charge in [-0.05, 0) is 73.2 Å². The van der Waals surface area contributed by atoms with Crippen molar-refractivity contribution in [2.75, 3.05) is 13.1 Å². The number of halogens is 1. The first-order valence-corrected chi connectivity index (χ1v) is 14.4. The molecule has 2 saturated heterocycles. The number of pyridine rings is 1. The summed E-state index contributed by atoms with van der Waals surface area (Å²) in [6.45, 7) is 2.83. The van der Waals surface area contributed by atoms with Gasteiger partial charge in [-0.15, -0.1) is 0 Å². The molecule has 3 aliphatic heterocycles. The van der Waals surface area contributed by atoms with Gasteiger partial charge in [-0.25, -0.2) is 9.37 Å². The van der Waals surface area contributed by atoms with Crippen LogP contribution in [0.2, 0.25) is 0 Å². The normalized spacial score (nSPS) is 19.6. The molecule has 1 unspecified atom stereocenters. The standard InChI is InChI=1S/C32H29FN6O4/c33-23-13-24(15-34-14-23)39-18-35-27-4-1-19(11-26(27)32(39)43)16-37-9-7-20(8-10-37)21-2-3-25-22(12-21)17-38(31(25)42)28-5-6-29(40)36-30(28)41/h1-4,11-15,18,20,28H,5-10,16-17H2,(H,36,40,41). The van der Waals surface area contributed by atoms with Crippen molar-refractivity contribution in [3.8, 4) is 5.69 Å². The molecular weight excluding hydrogens is 551 g/mol. The number of benzene rings is 2. The zero-order valence-electron chi connectivity index (χ0n) is 23.3. The van der Waals surface area contributed by atoms with Gasteiger partial charge in [0.15, 0.2) is 0 Å². The second-order valence-electron chi connectivity index (χ2n) is 11.5. The number of hydrogen-bond donors (Lipinski definition) is 1. The number of carbonyl (C=O) groups is 3. The van der Waals surface area contributed by atoms with Crippen LogP contribution in [0.3, 0.4) is 0 Å². The van der Waals surface area contributed by atoms with E-state index in [-0.39, 0.29) is 23.8 Å². The predicted octanol–water partition coefficient (Wildman–Crippen LogP) is 3.06. The topological polar surface area (TPSA) is 118 Å². The van der Waals surface area contributed by atoms with Crippen molar-refractivity contribution >= 4 is 28.6 Å². The highest BCUT2D eigenvalue weighted by atomic mass is 19.1. The molecule has 2 fully saturated rings. The molecule has 0 radical (unpaired) electrons. The minimum absolute atomic E-state index is 0.157. The number of amides is 3. The van der Waals surface area contributed by atoms with Crippen LogP contribution in [-0.2, 0) is 22.7 Å². The number of rotatable bonds is 5. The van der Waals surface area contributed by atoms with Gasteiger partial charge in [0.1, 0.15) is 18.2 Å². The molecule has 0 bridgehead atoms. The third kappa shape index (κ3) is 5.10. The Bertz CT molecular complexity index is 1850. The van der Waals surface area contributed by atoms with Crippen LogP contribution in [0.1, 0.15) is 58.6 Å². The maximum Gasteiger partial charge on any atom is 0.265 e. The first-order valence-electron chi connectivity index (χ1n) is 14.4. The SMILES string of the molecule is O=C1CCC(N2Cc3cc(C4CCN(Cc5ccc6ncn(-c7cncc(F)c7)c(=O)c6c5)CC4)ccc3C2=O)C(=O)N1. The summed E-state index contributed by atoms with van der Waals surface area (Å²) in [5, 5.41) is 2.82. The second kappa shape index (κ2) is 10.8. The molecule has 11 heteroatoms. The fourth-order valence-corrected chi connectivity index (χ4v) is 6.51. The summed E-state index contributed by atoms with van der Waals surface area (Å²) >= 11 is 0. The van der Waals surface area contributed by atoms with E-state index in [1.54, 1.807) is 4.90 Å². The number of fused-ring (bicyclic) bond motifs is 2. The van der Waals surface area contributed by atoms with Crippen LogP contribution in [-0.4, -0.2) is 61.2 Å². The first kappa shape index (κ1) is 27.1. The van der Waals surface area contributed by atoms with Crippen LogP contribution >= 0.6 is 0 Å². The van der Waals surface area contributed by atoms with Crippen LogP contribution in [0.5, 0.6) is 0 Å². The van der Waals surface area contributed by atoms with E-state index in [0.717, 1.165) is 43.3 Å². The van der Waals surface area contributed by atoms with E-state index in [0.29, 0.717) is 47.6 Å². The maximum absolute atomic E-state index is 13.7. The average molecular weight is 581 g/mol. The molecule has 0 spiro atoms. The summed E-state index contributed by atoms with van der Waals surface area (Å²) in [6, 6.07) is 12.3. The third-order valence-electron chi connectivity index (χ3n) is 8.80. The Kier molecular flexibility index (Phi) is 6.81. The molecule has 3 amide bonds. The molecule has 7 rings (SSSR count). The lowest BCUT2D eigenvalue weighted by Gasteiger charge is -2.32. The molecule has 5 heterocycles. The second-order valence-corrected chi connectivity index (χ2v) is 11.5. The summed E-state index contributed by atoms with van der Waals surface area (Å²) in [5.74, 6) is -1.02. The molecule has 1 N–H and O–H groups in total. The molecule has 0 saturated carbocycles. The summed E-state index contributed by atoms with van der Waals surface area (Å²) in [5.41, 5.74) is 4.39. The lowest BCUT2D eigenvalue weighted by atomic mass is 9.87. The van der Waals surface area contributed by atoms with Crippen molar-refractivity contribution in [2.45, 2.75) is 50.7 Å². The van der Waals surface area contributed by atoms with E-state index < -0.39 is 17.8 Å². The van der Waals surface area contributed by atoms with Gasteiger partial charge in [0, 0.05) is 31.1 Å². The highest BCUT2D eigenvalue weighted by Gasteiger charge is 2.39. The summed E-state index contributed by atoms with van der Waals surface area (Å²) < 4.78 is 15.0. The van der Waals surface area contributed by atoms with Crippen molar-refractivity contribution in [1.82, 2.24) is 29.7 Å². The van der Waals surface area contributed by atoms with Gasteiger partial charge in [0.05, 0.1) is 29.0 Å². The Morgan fingerprint density at radius 3 is 2.58 bits per heavy atom. The molecule has 1 atom stereocenters. The Balaban J connectivity index is 1.02. The van der Waals surface area contributed by atoms with E-state index in [1.165, 1.54) is 28.7 Å². The molecule has 0 aliphatic carbocycles. The largest absolute Gasteiger partial charge is 0.322 e. The third-order valence-corrected chi connectivity index (χ3v) is 8.80. The lowest BCUT2D eigenvalue weighted by molar-refractivity contribution is -0.136. The molecule has 43 heavy (non-hydrogen) atoms. The van der Waals surface area contributed by atoms with Crippen molar-refractivity contribution in [2.24, 2.45) is 0 Å². The monoisotopic (exact) mass is 580 g/mol. The smallest absolute Gasteiger partial charge is 0.265 e. The van der Waals surface area contributed by atoms with Gasteiger partial charge < -0.3 is 4.90 Å². The van der Waals surface area contributed by atoms with Crippen LogP contribution in [0.25, 0.3) is 16.6 Å². The number of hydrogen-bond acceptors (Lipinski definition) is 7. The van der Waals surface area contributed by atoms with Crippen molar-refractivity contribution in [1.29, 1.82) is 0 Å². The zero-order chi connectivity index (χ0) is 29.7. The molecule has 3 aliphatic rings. The van der Waals surface area contributed by atoms with Crippen LogP contribution in [0.15, 0.2) is 66.0 Å². The first-order chi connectivity index (χ1) is 20.8. The Morgan fingerprint density at radius 1 is 0.953 bits per heavy atom. The van der Waals surface area contributed by atoms with Crippen LogP contribution < -0.4 is 10.9 Å². The van der Waals surface area contributed by atoms with Crippen molar-refractivity contribution < 1.29 is 18.8 Å². The van der Waals surface area contributed by atoms with E-state index >= 15 is 0 Å². The van der Waals surface area contributed by atoms with Crippen molar-refractivity contribution in [3.05, 3.63) is 99.6 Å². The Morgan fingerprint density at radius 2 is 1.79 bits per heavy atom. The van der Waals surface area contributed by atoms with Gasteiger partial charge in [-0.3, -0.25) is 38.9 Å². The summed E-state index contributed by atoms with van der Waals surface area (Å²) in [6.07, 6.45) is 6.42. The summed E-state index contributed by atoms with van der Waals surface area (Å²) in [4.78, 5) is 62.4. The summed E-state index contributed by atoms with van der Waals surface area (Å²) in [7, 11) is 0. The predicted molar refractivity (Wildman–Crippen MR) is 155 cm³/mol. The fraction of sp³-hybridized carbons (Fsp3) is 0.312. The van der Waals surface area contributed by atoms with Gasteiger partial charge >= 0.3 is 0 Å². The van der Waals surface area contributed by atoms with E-state index in [9.17, 15) is 23.6 Å². The van der Waals surface area contributed by atoms with E-state index in [1.807, 2.05) is 30.3 Å². The number of imide groups is 1. The number of nitrogens with zero attached hydrogens (tertiary/aromatic N) is 5. The van der Waals surface area contributed by atoms with Gasteiger partial charge in [-0.1, -0.05) is 18.2 Å². The number of piperidine rings is 2. The minimum atomic E-state index is -0.614. The highest BCUT2D eigenvalue weighted by Crippen LogP contribution is 2.34. The number of aromatic nitrogens is 3. The van der Waals surface area contributed by atoms with Gasteiger partial charge in [-0.2, -0.15) is 0 Å². The minimum Gasteiger partial charge on any atom is -0.322 e. The molecule has 4 aromatic rings. The molecular formula is C32H29FN6O4. The number of carbonyl (C=O) groups excluding carboxylic acids is 3. The van der Waals surface area contributed by atoms with Crippen molar-refractivity contribution in [3.63, 3.8) is 0 Å². The molecule has 2 aromatic carbocycles. The highest BCUT2D eigenvalue weighted by molar-refractivity contribution is 6.05. The van der Waals surface area contributed by atoms with Crippen LogP contribution in [0.4, 0.5) is 4.39 Å². The molecule has 10 nitrogen and oxygen atoms in total. The lowest BCUT2D eigenvalue weighted by Crippen LogP contribution is -2.52. The molecule has 218 valence electrons.